The average Bonchev–Trinajstić information content (AvgIpc) is 2.84. The van der Waals surface area contributed by atoms with E-state index in [9.17, 15) is 0 Å². The van der Waals surface area contributed by atoms with Gasteiger partial charge in [0.05, 0.1) is 17.3 Å². The molecule has 0 fully saturated rings. The van der Waals surface area contributed by atoms with Gasteiger partial charge in [0.2, 0.25) is 0 Å². The molecule has 20 heavy (non-hydrogen) atoms. The van der Waals surface area contributed by atoms with Crippen molar-refractivity contribution < 1.29 is 4.74 Å². The summed E-state index contributed by atoms with van der Waals surface area (Å²) in [6, 6.07) is 8.12. The topological polar surface area (TPSA) is 34.1 Å². The molecule has 4 heteroatoms. The van der Waals surface area contributed by atoms with Crippen LogP contribution in [0, 0.1) is 6.92 Å². The predicted octanol–water partition coefficient (Wildman–Crippen LogP) is 3.35. The number of hydrogen-bond acceptors (Lipinski definition) is 4. The fourth-order valence-corrected chi connectivity index (χ4v) is 3.24. The predicted molar refractivity (Wildman–Crippen MR) is 84.6 cm³/mol. The SMILES string of the molecule is CCc1nc(CCOc2ccccc2C)sc1CNC. The molecule has 2 aromatic rings. The van der Waals surface area contributed by atoms with Gasteiger partial charge in [-0.2, -0.15) is 0 Å². The molecular weight excluding hydrogens is 268 g/mol. The summed E-state index contributed by atoms with van der Waals surface area (Å²) < 4.78 is 5.83. The Morgan fingerprint density at radius 1 is 1.30 bits per heavy atom. The molecule has 0 unspecified atom stereocenters. The highest BCUT2D eigenvalue weighted by Crippen LogP contribution is 2.21. The van der Waals surface area contributed by atoms with E-state index in [2.05, 4.69) is 25.2 Å². The van der Waals surface area contributed by atoms with Crippen LogP contribution in [-0.2, 0) is 19.4 Å². The second-order valence-corrected chi connectivity index (χ2v) is 5.89. The Kier molecular flexibility index (Phi) is 5.56. The van der Waals surface area contributed by atoms with Crippen molar-refractivity contribution in [3.8, 4) is 5.75 Å². The maximum Gasteiger partial charge on any atom is 0.122 e. The number of aromatic nitrogens is 1. The van der Waals surface area contributed by atoms with Gasteiger partial charge in [-0.1, -0.05) is 25.1 Å². The van der Waals surface area contributed by atoms with E-state index >= 15 is 0 Å². The summed E-state index contributed by atoms with van der Waals surface area (Å²) in [5, 5.41) is 4.37. The number of nitrogens with zero attached hydrogens (tertiary/aromatic N) is 1. The van der Waals surface area contributed by atoms with Gasteiger partial charge < -0.3 is 10.1 Å². The van der Waals surface area contributed by atoms with E-state index < -0.39 is 0 Å². The Morgan fingerprint density at radius 3 is 2.80 bits per heavy atom. The Bertz CT molecular complexity index is 551. The van der Waals surface area contributed by atoms with E-state index in [0.29, 0.717) is 6.61 Å². The van der Waals surface area contributed by atoms with Crippen molar-refractivity contribution in [3.05, 3.63) is 45.4 Å². The molecule has 0 radical (unpaired) electrons. The average molecular weight is 290 g/mol. The second kappa shape index (κ2) is 7.41. The molecule has 0 aliphatic carbocycles. The van der Waals surface area contributed by atoms with Crippen LogP contribution >= 0.6 is 11.3 Å². The third-order valence-electron chi connectivity index (χ3n) is 3.16. The summed E-state index contributed by atoms with van der Waals surface area (Å²) in [4.78, 5) is 6.05. The van der Waals surface area contributed by atoms with E-state index in [1.54, 1.807) is 11.3 Å². The summed E-state index contributed by atoms with van der Waals surface area (Å²) in [6.07, 6.45) is 1.86. The molecule has 0 bridgehead atoms. The van der Waals surface area contributed by atoms with E-state index in [0.717, 1.165) is 25.1 Å². The third kappa shape index (κ3) is 3.81. The highest BCUT2D eigenvalue weighted by molar-refractivity contribution is 7.11. The van der Waals surface area contributed by atoms with Crippen LogP contribution in [0.2, 0.25) is 0 Å². The van der Waals surface area contributed by atoms with Gasteiger partial charge in [0.15, 0.2) is 0 Å². The van der Waals surface area contributed by atoms with Crippen LogP contribution in [0.1, 0.15) is 28.1 Å². The zero-order valence-corrected chi connectivity index (χ0v) is 13.2. The van der Waals surface area contributed by atoms with Crippen molar-refractivity contribution in [1.29, 1.82) is 0 Å². The number of thiazole rings is 1. The molecule has 108 valence electrons. The van der Waals surface area contributed by atoms with Crippen molar-refractivity contribution in [3.63, 3.8) is 0 Å². The highest BCUT2D eigenvalue weighted by atomic mass is 32.1. The van der Waals surface area contributed by atoms with E-state index in [1.807, 2.05) is 25.2 Å². The number of rotatable bonds is 7. The van der Waals surface area contributed by atoms with Crippen LogP contribution in [0.5, 0.6) is 5.75 Å². The first-order valence-electron chi connectivity index (χ1n) is 7.05. The van der Waals surface area contributed by atoms with Crippen LogP contribution in [0.4, 0.5) is 0 Å². The minimum atomic E-state index is 0.681. The number of benzene rings is 1. The van der Waals surface area contributed by atoms with Crippen LogP contribution in [0.25, 0.3) is 0 Å². The standard InChI is InChI=1S/C16H22N2OS/c1-4-13-15(11-17-3)20-16(18-13)9-10-19-14-8-6-5-7-12(14)2/h5-8,17H,4,9-11H2,1-3H3. The summed E-state index contributed by atoms with van der Waals surface area (Å²) >= 11 is 1.79. The van der Waals surface area contributed by atoms with Crippen molar-refractivity contribution in [2.75, 3.05) is 13.7 Å². The van der Waals surface area contributed by atoms with Crippen molar-refractivity contribution in [2.24, 2.45) is 0 Å². The lowest BCUT2D eigenvalue weighted by atomic mass is 10.2. The number of aryl methyl sites for hydroxylation is 2. The molecule has 0 aliphatic heterocycles. The molecule has 0 amide bonds. The summed E-state index contributed by atoms with van der Waals surface area (Å²) in [5.41, 5.74) is 2.40. The Morgan fingerprint density at radius 2 is 2.10 bits per heavy atom. The van der Waals surface area contributed by atoms with E-state index in [1.165, 1.54) is 21.1 Å². The molecular formula is C16H22N2OS. The van der Waals surface area contributed by atoms with Crippen LogP contribution in [-0.4, -0.2) is 18.6 Å². The van der Waals surface area contributed by atoms with Gasteiger partial charge in [-0.25, -0.2) is 4.98 Å². The minimum Gasteiger partial charge on any atom is -0.493 e. The monoisotopic (exact) mass is 290 g/mol. The molecule has 2 rings (SSSR count). The lowest BCUT2D eigenvalue weighted by Crippen LogP contribution is -2.05. The summed E-state index contributed by atoms with van der Waals surface area (Å²) in [5.74, 6) is 0.968. The normalized spacial score (nSPS) is 10.8. The van der Waals surface area contributed by atoms with Gasteiger partial charge in [0, 0.05) is 17.8 Å². The minimum absolute atomic E-state index is 0.681. The van der Waals surface area contributed by atoms with E-state index in [-0.39, 0.29) is 0 Å². The summed E-state index contributed by atoms with van der Waals surface area (Å²) in [6.45, 7) is 5.81. The van der Waals surface area contributed by atoms with Gasteiger partial charge in [-0.3, -0.25) is 0 Å². The quantitative estimate of drug-likeness (QED) is 0.849. The molecule has 3 nitrogen and oxygen atoms in total. The van der Waals surface area contributed by atoms with Gasteiger partial charge in [-0.05, 0) is 32.0 Å². The first-order valence-corrected chi connectivity index (χ1v) is 7.86. The zero-order chi connectivity index (χ0) is 14.4. The number of para-hydroxylation sites is 1. The largest absolute Gasteiger partial charge is 0.493 e. The molecule has 0 saturated heterocycles. The van der Waals surface area contributed by atoms with Crippen LogP contribution in [0.3, 0.4) is 0 Å². The summed E-state index contributed by atoms with van der Waals surface area (Å²) in [7, 11) is 1.97. The highest BCUT2D eigenvalue weighted by Gasteiger charge is 2.09. The second-order valence-electron chi connectivity index (χ2n) is 4.73. The Hall–Kier alpha value is -1.39. The van der Waals surface area contributed by atoms with E-state index in [4.69, 9.17) is 9.72 Å². The van der Waals surface area contributed by atoms with Gasteiger partial charge in [0.25, 0.3) is 0 Å². The van der Waals surface area contributed by atoms with Crippen molar-refractivity contribution >= 4 is 11.3 Å². The molecule has 0 atom stereocenters. The van der Waals surface area contributed by atoms with Crippen molar-refractivity contribution in [2.45, 2.75) is 33.2 Å². The lowest BCUT2D eigenvalue weighted by Gasteiger charge is -2.07. The fourth-order valence-electron chi connectivity index (χ4n) is 2.09. The fraction of sp³-hybridized carbons (Fsp3) is 0.438. The molecule has 0 aliphatic rings. The smallest absolute Gasteiger partial charge is 0.122 e. The van der Waals surface area contributed by atoms with Gasteiger partial charge >= 0.3 is 0 Å². The molecule has 1 heterocycles. The zero-order valence-electron chi connectivity index (χ0n) is 12.4. The van der Waals surface area contributed by atoms with Crippen LogP contribution < -0.4 is 10.1 Å². The first kappa shape index (κ1) is 15.0. The number of nitrogens with one attached hydrogen (secondary N) is 1. The van der Waals surface area contributed by atoms with Gasteiger partial charge in [0.1, 0.15) is 5.75 Å². The maximum atomic E-state index is 5.83. The maximum absolute atomic E-state index is 5.83. The Balaban J connectivity index is 1.92. The molecule has 1 aromatic heterocycles. The lowest BCUT2D eigenvalue weighted by molar-refractivity contribution is 0.319. The Labute approximate surface area is 125 Å². The molecule has 0 spiro atoms. The molecule has 1 aromatic carbocycles. The number of ether oxygens (including phenoxy) is 1. The van der Waals surface area contributed by atoms with Crippen molar-refractivity contribution in [1.82, 2.24) is 10.3 Å². The molecule has 1 N–H and O–H groups in total. The first-order chi connectivity index (χ1) is 9.74. The third-order valence-corrected chi connectivity index (χ3v) is 4.32. The number of hydrogen-bond donors (Lipinski definition) is 1. The van der Waals surface area contributed by atoms with Gasteiger partial charge in [-0.15, -0.1) is 11.3 Å². The molecule has 0 saturated carbocycles. The van der Waals surface area contributed by atoms with Crippen LogP contribution in [0.15, 0.2) is 24.3 Å².